The molecule has 1 unspecified atom stereocenters. The molecule has 1 heterocycles. The second kappa shape index (κ2) is 5.55. The Morgan fingerprint density at radius 2 is 2.22 bits per heavy atom. The van der Waals surface area contributed by atoms with Crippen LogP contribution in [0, 0.1) is 6.92 Å². The average molecular weight is 264 g/mol. The van der Waals surface area contributed by atoms with Gasteiger partial charge in [0.25, 0.3) is 0 Å². The zero-order chi connectivity index (χ0) is 13.1. The molecule has 1 aromatic heterocycles. The summed E-state index contributed by atoms with van der Waals surface area (Å²) in [5.41, 5.74) is 9.47. The number of benzene rings is 1. The maximum absolute atomic E-state index is 5.97. The molecule has 3 nitrogen and oxygen atoms in total. The van der Waals surface area contributed by atoms with Gasteiger partial charge in [-0.25, -0.2) is 4.68 Å². The minimum atomic E-state index is 0.231. The number of hydrogen-bond acceptors (Lipinski definition) is 2. The molecule has 18 heavy (non-hydrogen) atoms. The van der Waals surface area contributed by atoms with Crippen LogP contribution in [0.4, 0.5) is 0 Å². The van der Waals surface area contributed by atoms with Crippen molar-refractivity contribution < 1.29 is 0 Å². The van der Waals surface area contributed by atoms with Crippen molar-refractivity contribution in [2.75, 3.05) is 0 Å². The summed E-state index contributed by atoms with van der Waals surface area (Å²) in [6, 6.07) is 6.57. The van der Waals surface area contributed by atoms with E-state index in [1.807, 2.05) is 0 Å². The third-order valence-corrected chi connectivity index (χ3v) is 3.28. The average Bonchev–Trinajstić information content (AvgIpc) is 2.75. The highest BCUT2D eigenvalue weighted by Crippen LogP contribution is 2.18. The predicted molar refractivity (Wildman–Crippen MR) is 75.3 cm³/mol. The molecule has 1 atom stereocenters. The van der Waals surface area contributed by atoms with Crippen LogP contribution in [-0.2, 0) is 6.42 Å². The van der Waals surface area contributed by atoms with Gasteiger partial charge in [0.1, 0.15) is 0 Å². The fourth-order valence-corrected chi connectivity index (χ4v) is 2.12. The number of nitrogens with zero attached hydrogens (tertiary/aromatic N) is 2. The standard InChI is InChI=1S/C14H18ClN3/c1-3-13(16)7-11-4-5-14(10(2)6-11)18-9-12(15)8-17-18/h4-6,8-9,13H,3,7,16H2,1-2H3. The van der Waals surface area contributed by atoms with Gasteiger partial charge in [-0.1, -0.05) is 30.7 Å². The van der Waals surface area contributed by atoms with Gasteiger partial charge < -0.3 is 5.73 Å². The van der Waals surface area contributed by atoms with E-state index in [9.17, 15) is 0 Å². The van der Waals surface area contributed by atoms with Crippen LogP contribution in [-0.4, -0.2) is 15.8 Å². The summed E-state index contributed by atoms with van der Waals surface area (Å²) < 4.78 is 1.79. The Morgan fingerprint density at radius 1 is 1.44 bits per heavy atom. The van der Waals surface area contributed by atoms with Gasteiger partial charge in [0.2, 0.25) is 0 Å². The molecular weight excluding hydrogens is 246 g/mol. The number of aryl methyl sites for hydroxylation is 1. The first-order chi connectivity index (χ1) is 8.60. The predicted octanol–water partition coefficient (Wildman–Crippen LogP) is 3.11. The Labute approximate surface area is 113 Å². The minimum absolute atomic E-state index is 0.231. The Hall–Kier alpha value is -1.32. The number of rotatable bonds is 4. The van der Waals surface area contributed by atoms with E-state index in [1.165, 1.54) is 11.1 Å². The Kier molecular flexibility index (Phi) is 4.04. The summed E-state index contributed by atoms with van der Waals surface area (Å²) in [5.74, 6) is 0. The lowest BCUT2D eigenvalue weighted by molar-refractivity contribution is 0.646. The third-order valence-electron chi connectivity index (χ3n) is 3.08. The SMILES string of the molecule is CCC(N)Cc1ccc(-n2cc(Cl)cn2)c(C)c1. The fraction of sp³-hybridized carbons (Fsp3) is 0.357. The van der Waals surface area contributed by atoms with Crippen LogP contribution in [0.1, 0.15) is 24.5 Å². The molecule has 0 fully saturated rings. The Morgan fingerprint density at radius 3 is 2.78 bits per heavy atom. The molecule has 0 radical (unpaired) electrons. The first kappa shape index (κ1) is 13.1. The molecular formula is C14H18ClN3. The van der Waals surface area contributed by atoms with Crippen LogP contribution in [0.15, 0.2) is 30.6 Å². The van der Waals surface area contributed by atoms with Crippen molar-refractivity contribution in [3.05, 3.63) is 46.7 Å². The number of halogens is 1. The second-order valence-corrected chi connectivity index (χ2v) is 5.03. The zero-order valence-electron chi connectivity index (χ0n) is 10.7. The van der Waals surface area contributed by atoms with Gasteiger partial charge >= 0.3 is 0 Å². The molecule has 2 N–H and O–H groups in total. The molecule has 1 aromatic carbocycles. The zero-order valence-corrected chi connectivity index (χ0v) is 11.5. The topological polar surface area (TPSA) is 43.8 Å². The van der Waals surface area contributed by atoms with Crippen LogP contribution < -0.4 is 5.73 Å². The van der Waals surface area contributed by atoms with E-state index in [0.29, 0.717) is 5.02 Å². The molecule has 0 aliphatic carbocycles. The van der Waals surface area contributed by atoms with E-state index >= 15 is 0 Å². The van der Waals surface area contributed by atoms with Gasteiger partial charge in [-0.2, -0.15) is 5.10 Å². The van der Waals surface area contributed by atoms with Crippen molar-refractivity contribution >= 4 is 11.6 Å². The van der Waals surface area contributed by atoms with Gasteiger partial charge in [-0.3, -0.25) is 0 Å². The Balaban J connectivity index is 2.25. The Bertz CT molecular complexity index is 534. The fourth-order valence-electron chi connectivity index (χ4n) is 1.98. The van der Waals surface area contributed by atoms with Gasteiger partial charge in [0.15, 0.2) is 0 Å². The molecule has 0 saturated carbocycles. The maximum atomic E-state index is 5.97. The quantitative estimate of drug-likeness (QED) is 0.921. The number of aromatic nitrogens is 2. The van der Waals surface area contributed by atoms with Crippen LogP contribution >= 0.6 is 11.6 Å². The van der Waals surface area contributed by atoms with Crippen LogP contribution in [0.5, 0.6) is 0 Å². The highest BCUT2D eigenvalue weighted by molar-refractivity contribution is 6.30. The van der Waals surface area contributed by atoms with Crippen molar-refractivity contribution in [3.8, 4) is 5.69 Å². The number of hydrogen-bond donors (Lipinski definition) is 1. The van der Waals surface area contributed by atoms with Gasteiger partial charge in [0.05, 0.1) is 16.9 Å². The molecule has 2 rings (SSSR count). The highest BCUT2D eigenvalue weighted by atomic mass is 35.5. The van der Waals surface area contributed by atoms with E-state index in [-0.39, 0.29) is 6.04 Å². The van der Waals surface area contributed by atoms with Gasteiger partial charge in [-0.05, 0) is 37.0 Å². The summed E-state index contributed by atoms with van der Waals surface area (Å²) in [7, 11) is 0. The summed E-state index contributed by atoms with van der Waals surface area (Å²) in [6.45, 7) is 4.18. The van der Waals surface area contributed by atoms with Gasteiger partial charge in [-0.15, -0.1) is 0 Å². The molecule has 0 spiro atoms. The lowest BCUT2D eigenvalue weighted by Crippen LogP contribution is -2.21. The first-order valence-electron chi connectivity index (χ1n) is 6.15. The molecule has 0 bridgehead atoms. The van der Waals surface area contributed by atoms with Crippen molar-refractivity contribution in [1.82, 2.24) is 9.78 Å². The van der Waals surface area contributed by atoms with Crippen LogP contribution in [0.2, 0.25) is 5.02 Å². The highest BCUT2D eigenvalue weighted by Gasteiger charge is 2.06. The molecule has 0 saturated heterocycles. The maximum Gasteiger partial charge on any atom is 0.0790 e. The lowest BCUT2D eigenvalue weighted by atomic mass is 10.0. The molecule has 0 amide bonds. The molecule has 0 aliphatic heterocycles. The second-order valence-electron chi connectivity index (χ2n) is 4.60. The smallest absolute Gasteiger partial charge is 0.0790 e. The summed E-state index contributed by atoms with van der Waals surface area (Å²) in [6.07, 6.45) is 5.36. The van der Waals surface area contributed by atoms with Crippen LogP contribution in [0.3, 0.4) is 0 Å². The van der Waals surface area contributed by atoms with Crippen molar-refractivity contribution in [2.45, 2.75) is 32.7 Å². The van der Waals surface area contributed by atoms with Crippen LogP contribution in [0.25, 0.3) is 5.69 Å². The normalized spacial score (nSPS) is 12.7. The molecule has 0 aliphatic rings. The van der Waals surface area contributed by atoms with E-state index < -0.39 is 0 Å². The summed E-state index contributed by atoms with van der Waals surface area (Å²) in [4.78, 5) is 0. The monoisotopic (exact) mass is 263 g/mol. The van der Waals surface area contributed by atoms with Gasteiger partial charge in [0, 0.05) is 12.2 Å². The lowest BCUT2D eigenvalue weighted by Gasteiger charge is -2.11. The number of nitrogens with two attached hydrogens (primary N) is 1. The minimum Gasteiger partial charge on any atom is -0.327 e. The van der Waals surface area contributed by atoms with Crippen molar-refractivity contribution in [1.29, 1.82) is 0 Å². The van der Waals surface area contributed by atoms with E-state index in [0.717, 1.165) is 18.5 Å². The molecule has 96 valence electrons. The summed E-state index contributed by atoms with van der Waals surface area (Å²) in [5, 5.41) is 4.86. The van der Waals surface area contributed by atoms with Crippen molar-refractivity contribution in [2.24, 2.45) is 5.73 Å². The first-order valence-corrected chi connectivity index (χ1v) is 6.53. The third kappa shape index (κ3) is 2.92. The van der Waals surface area contributed by atoms with E-state index in [4.69, 9.17) is 17.3 Å². The van der Waals surface area contributed by atoms with E-state index in [2.05, 4.69) is 37.1 Å². The van der Waals surface area contributed by atoms with E-state index in [1.54, 1.807) is 17.1 Å². The summed E-state index contributed by atoms with van der Waals surface area (Å²) >= 11 is 5.88. The molecule has 4 heteroatoms. The van der Waals surface area contributed by atoms with Crippen molar-refractivity contribution in [3.63, 3.8) is 0 Å². The molecule has 2 aromatic rings. The largest absolute Gasteiger partial charge is 0.327 e.